The van der Waals surface area contributed by atoms with Gasteiger partial charge in [-0.3, -0.25) is 0 Å². The van der Waals surface area contributed by atoms with Crippen molar-refractivity contribution in [1.29, 1.82) is 0 Å². The van der Waals surface area contributed by atoms with Crippen molar-refractivity contribution in [3.05, 3.63) is 12.3 Å². The predicted molar refractivity (Wildman–Crippen MR) is 82.7 cm³/mol. The van der Waals surface area contributed by atoms with Crippen LogP contribution in [0.2, 0.25) is 0 Å². The Morgan fingerprint density at radius 3 is 2.11 bits per heavy atom. The summed E-state index contributed by atoms with van der Waals surface area (Å²) in [6.45, 7) is 20.8. The smallest absolute Gasteiger partial charge is 0.0144 e. The molecule has 0 aliphatic carbocycles. The zero-order valence-electron chi connectivity index (χ0n) is 13.6. The summed E-state index contributed by atoms with van der Waals surface area (Å²) >= 11 is 0. The van der Waals surface area contributed by atoms with Crippen LogP contribution in [-0.4, -0.2) is 18.6 Å². The van der Waals surface area contributed by atoms with E-state index in [0.717, 1.165) is 12.2 Å². The van der Waals surface area contributed by atoms with Crippen LogP contribution in [0, 0.1) is 11.3 Å². The molecule has 108 valence electrons. The molecule has 2 nitrogen and oxygen atoms in total. The highest BCUT2D eigenvalue weighted by Crippen LogP contribution is 2.32. The molecule has 2 heteroatoms. The Hall–Kier alpha value is -0.500. The lowest BCUT2D eigenvalue weighted by molar-refractivity contribution is 0.147. The molecule has 0 saturated heterocycles. The third kappa shape index (κ3) is 6.44. The minimum Gasteiger partial charge on any atom is -0.389 e. The lowest BCUT2D eigenvalue weighted by atomic mass is 9.73. The summed E-state index contributed by atoms with van der Waals surface area (Å²) in [5.74, 6) is 0.683. The molecule has 0 aromatic rings. The predicted octanol–water partition coefficient (Wildman–Crippen LogP) is 3.94. The van der Waals surface area contributed by atoms with E-state index in [1.807, 2.05) is 6.92 Å². The second-order valence-electron chi connectivity index (χ2n) is 6.70. The van der Waals surface area contributed by atoms with E-state index in [0.29, 0.717) is 23.4 Å². The zero-order chi connectivity index (χ0) is 14.3. The summed E-state index contributed by atoms with van der Waals surface area (Å²) in [6, 6.07) is 1.12. The minimum absolute atomic E-state index is 0.327. The van der Waals surface area contributed by atoms with Crippen molar-refractivity contribution >= 4 is 0 Å². The summed E-state index contributed by atoms with van der Waals surface area (Å²) in [7, 11) is 0. The molecule has 0 aliphatic heterocycles. The summed E-state index contributed by atoms with van der Waals surface area (Å²) in [6.07, 6.45) is 2.40. The molecule has 2 N–H and O–H groups in total. The highest BCUT2D eigenvalue weighted by molar-refractivity contribution is 4.89. The maximum atomic E-state index is 3.87. The second kappa shape index (κ2) is 7.83. The lowest BCUT2D eigenvalue weighted by Gasteiger charge is -2.40. The molecule has 0 radical (unpaired) electrons. The van der Waals surface area contributed by atoms with Gasteiger partial charge < -0.3 is 10.6 Å². The number of rotatable bonds is 9. The van der Waals surface area contributed by atoms with Crippen LogP contribution < -0.4 is 10.6 Å². The zero-order valence-corrected chi connectivity index (χ0v) is 13.6. The monoisotopic (exact) mass is 254 g/mol. The quantitative estimate of drug-likeness (QED) is 0.609. The van der Waals surface area contributed by atoms with E-state index in [1.165, 1.54) is 12.8 Å². The summed E-state index contributed by atoms with van der Waals surface area (Å²) in [4.78, 5) is 0. The van der Waals surface area contributed by atoms with Crippen LogP contribution in [0.1, 0.15) is 61.3 Å². The van der Waals surface area contributed by atoms with Crippen molar-refractivity contribution in [1.82, 2.24) is 10.6 Å². The molecule has 18 heavy (non-hydrogen) atoms. The van der Waals surface area contributed by atoms with Crippen LogP contribution in [0.4, 0.5) is 0 Å². The molecule has 0 fully saturated rings. The van der Waals surface area contributed by atoms with Gasteiger partial charge in [0.1, 0.15) is 0 Å². The van der Waals surface area contributed by atoms with Crippen molar-refractivity contribution in [2.75, 3.05) is 6.54 Å². The molecule has 0 aromatic heterocycles. The Morgan fingerprint density at radius 1 is 1.17 bits per heavy atom. The maximum absolute atomic E-state index is 3.87. The minimum atomic E-state index is 0.327. The number of hydrogen-bond donors (Lipinski definition) is 2. The Morgan fingerprint density at radius 2 is 1.72 bits per heavy atom. The molecule has 1 unspecified atom stereocenters. The largest absolute Gasteiger partial charge is 0.389 e. The van der Waals surface area contributed by atoms with Crippen molar-refractivity contribution in [2.45, 2.75) is 73.4 Å². The third-order valence-electron chi connectivity index (χ3n) is 4.02. The van der Waals surface area contributed by atoms with Gasteiger partial charge in [-0.2, -0.15) is 0 Å². The molecule has 0 rings (SSSR count). The molecule has 0 amide bonds. The van der Waals surface area contributed by atoms with Gasteiger partial charge >= 0.3 is 0 Å². The van der Waals surface area contributed by atoms with E-state index in [2.05, 4.69) is 58.8 Å². The summed E-state index contributed by atoms with van der Waals surface area (Å²) < 4.78 is 0. The van der Waals surface area contributed by atoms with Crippen LogP contribution in [0.15, 0.2) is 12.3 Å². The fourth-order valence-electron chi connectivity index (χ4n) is 2.08. The summed E-state index contributed by atoms with van der Waals surface area (Å²) in [5, 5.41) is 7.05. The van der Waals surface area contributed by atoms with Crippen molar-refractivity contribution in [3.63, 3.8) is 0 Å². The van der Waals surface area contributed by atoms with Gasteiger partial charge in [-0.15, -0.1) is 0 Å². The average Bonchev–Trinajstić information content (AvgIpc) is 2.21. The first-order valence-electron chi connectivity index (χ1n) is 7.33. The Labute approximate surface area is 115 Å². The molecular formula is C16H34N2. The first-order valence-corrected chi connectivity index (χ1v) is 7.33. The topological polar surface area (TPSA) is 24.1 Å². The Balaban J connectivity index is 4.36. The molecule has 0 aliphatic rings. The third-order valence-corrected chi connectivity index (χ3v) is 4.02. The number of allylic oxidation sites excluding steroid dienone is 1. The van der Waals surface area contributed by atoms with Gasteiger partial charge in [-0.05, 0) is 31.1 Å². The standard InChI is InChI=1S/C16H34N2/c1-12(2)16(7,8)15(18-14(5)6)10-9-11-17-13(3)4/h12,14-15,17-18H,3,9-11H2,1-2,4-8H3. The van der Waals surface area contributed by atoms with Gasteiger partial charge in [0.15, 0.2) is 0 Å². The second-order valence-corrected chi connectivity index (χ2v) is 6.70. The van der Waals surface area contributed by atoms with Crippen LogP contribution in [0.3, 0.4) is 0 Å². The number of nitrogens with one attached hydrogen (secondary N) is 2. The van der Waals surface area contributed by atoms with E-state index in [1.54, 1.807) is 0 Å². The van der Waals surface area contributed by atoms with E-state index < -0.39 is 0 Å². The molecule has 0 saturated carbocycles. The van der Waals surface area contributed by atoms with Crippen molar-refractivity contribution in [3.8, 4) is 0 Å². The maximum Gasteiger partial charge on any atom is 0.0144 e. The van der Waals surface area contributed by atoms with Gasteiger partial charge in [0, 0.05) is 24.3 Å². The normalized spacial score (nSPS) is 14.1. The molecular weight excluding hydrogens is 220 g/mol. The highest BCUT2D eigenvalue weighted by atomic mass is 15.0. The van der Waals surface area contributed by atoms with Gasteiger partial charge in [-0.25, -0.2) is 0 Å². The Bertz CT molecular complexity index is 241. The van der Waals surface area contributed by atoms with E-state index in [9.17, 15) is 0 Å². The van der Waals surface area contributed by atoms with E-state index >= 15 is 0 Å². The van der Waals surface area contributed by atoms with Crippen LogP contribution in [0.5, 0.6) is 0 Å². The number of hydrogen-bond acceptors (Lipinski definition) is 2. The van der Waals surface area contributed by atoms with Crippen LogP contribution >= 0.6 is 0 Å². The average molecular weight is 254 g/mol. The molecule has 0 spiro atoms. The van der Waals surface area contributed by atoms with Crippen LogP contribution in [0.25, 0.3) is 0 Å². The SMILES string of the molecule is C=C(C)NCCCC(NC(C)C)C(C)(C)C(C)C. The summed E-state index contributed by atoms with van der Waals surface area (Å²) in [5.41, 5.74) is 1.39. The first kappa shape index (κ1) is 17.5. The van der Waals surface area contributed by atoms with Gasteiger partial charge in [0.2, 0.25) is 0 Å². The lowest BCUT2D eigenvalue weighted by Crippen LogP contribution is -2.47. The highest BCUT2D eigenvalue weighted by Gasteiger charge is 2.32. The fourth-order valence-corrected chi connectivity index (χ4v) is 2.08. The van der Waals surface area contributed by atoms with Crippen molar-refractivity contribution in [2.24, 2.45) is 11.3 Å². The molecule has 0 aromatic carbocycles. The molecule has 1 atom stereocenters. The fraction of sp³-hybridized carbons (Fsp3) is 0.875. The van der Waals surface area contributed by atoms with E-state index in [4.69, 9.17) is 0 Å². The molecule has 0 bridgehead atoms. The van der Waals surface area contributed by atoms with Crippen LogP contribution in [-0.2, 0) is 0 Å². The van der Waals surface area contributed by atoms with Gasteiger partial charge in [0.05, 0.1) is 0 Å². The Kier molecular flexibility index (Phi) is 7.61. The van der Waals surface area contributed by atoms with Gasteiger partial charge in [-0.1, -0.05) is 48.1 Å². The molecule has 0 heterocycles. The van der Waals surface area contributed by atoms with Crippen molar-refractivity contribution < 1.29 is 0 Å². The van der Waals surface area contributed by atoms with E-state index in [-0.39, 0.29) is 0 Å². The first-order chi connectivity index (χ1) is 8.17. The van der Waals surface area contributed by atoms with Gasteiger partial charge in [0.25, 0.3) is 0 Å².